The van der Waals surface area contributed by atoms with E-state index >= 15 is 0 Å². The van der Waals surface area contributed by atoms with Crippen LogP contribution in [-0.4, -0.2) is 70.4 Å². The summed E-state index contributed by atoms with van der Waals surface area (Å²) in [5, 5.41) is 10.8. The number of nitrogens with one attached hydrogen (secondary N) is 1. The number of carbonyl (C=O) groups excluding carboxylic acids is 7. The average molecular weight is 1070 g/mol. The Morgan fingerprint density at radius 2 is 1.29 bits per heavy atom. The van der Waals surface area contributed by atoms with Crippen LogP contribution in [0.1, 0.15) is 85.5 Å². The molecule has 58 heavy (non-hydrogen) atoms. The smallest absolute Gasteiger partial charge is 1.00 e. The van der Waals surface area contributed by atoms with Crippen LogP contribution in [0.15, 0.2) is 33.2 Å². The largest absolute Gasteiger partial charge is 1.00 e. The van der Waals surface area contributed by atoms with E-state index in [1.807, 2.05) is 20.8 Å². The normalized spacial score (nSPS) is 19.3. The van der Waals surface area contributed by atoms with Crippen LogP contribution in [0.2, 0.25) is 0 Å². The van der Waals surface area contributed by atoms with Gasteiger partial charge in [-0.1, -0.05) is 35.5 Å². The van der Waals surface area contributed by atoms with Crippen molar-refractivity contribution in [1.82, 2.24) is 10.2 Å². The summed E-state index contributed by atoms with van der Waals surface area (Å²) in [6.45, 7) is 9.86. The van der Waals surface area contributed by atoms with Crippen LogP contribution in [0.25, 0.3) is 0 Å². The van der Waals surface area contributed by atoms with Gasteiger partial charge in [0.2, 0.25) is 11.2 Å². The second kappa shape index (κ2) is 23.6. The summed E-state index contributed by atoms with van der Waals surface area (Å²) in [6.07, 6.45) is -0.627. The third kappa shape index (κ3) is 13.9. The zero-order valence-electron chi connectivity index (χ0n) is 33.3. The molecule has 6 rings (SSSR count). The van der Waals surface area contributed by atoms with Crippen molar-refractivity contribution in [3.05, 3.63) is 67.1 Å². The van der Waals surface area contributed by atoms with E-state index in [9.17, 15) is 37.5 Å². The van der Waals surface area contributed by atoms with Crippen LogP contribution in [0, 0.1) is 11.6 Å². The van der Waals surface area contributed by atoms with E-state index in [1.165, 1.54) is 12.1 Å². The number of imide groups is 2. The number of esters is 2. The monoisotopic (exact) mass is 1060 g/mol. The number of hydrogen-bond acceptors (Lipinski definition) is 13. The van der Waals surface area contributed by atoms with Gasteiger partial charge < -0.3 is 30.5 Å². The van der Waals surface area contributed by atoms with Gasteiger partial charge in [0.05, 0.1) is 8.95 Å². The van der Waals surface area contributed by atoms with Gasteiger partial charge in [0.1, 0.15) is 34.7 Å². The van der Waals surface area contributed by atoms with Gasteiger partial charge in [-0.25, -0.2) is 23.3 Å². The number of halogens is 5. The van der Waals surface area contributed by atoms with Gasteiger partial charge in [-0.3, -0.25) is 29.3 Å². The Morgan fingerprint density at radius 1 is 0.862 bits per heavy atom. The Kier molecular flexibility index (Phi) is 23.3. The molecule has 2 aliphatic carbocycles. The minimum atomic E-state index is -1.56. The van der Waals surface area contributed by atoms with Crippen molar-refractivity contribution in [3.63, 3.8) is 0 Å². The summed E-state index contributed by atoms with van der Waals surface area (Å²) in [5.41, 5.74) is -2.43. The van der Waals surface area contributed by atoms with Crippen LogP contribution in [-0.2, 0) is 71.9 Å². The minimum Gasteiger partial charge on any atom is -1.00 e. The van der Waals surface area contributed by atoms with Gasteiger partial charge in [0.25, 0.3) is 18.3 Å². The Labute approximate surface area is 445 Å². The number of carbonyl (C=O) groups is 7. The molecule has 4 amide bonds. The van der Waals surface area contributed by atoms with Crippen molar-refractivity contribution < 1.29 is 176 Å². The zero-order valence-corrected chi connectivity index (χ0v) is 43.3. The molecule has 2 spiro atoms. The molecule has 15 nitrogen and oxygen atoms in total. The van der Waals surface area contributed by atoms with Crippen molar-refractivity contribution in [2.24, 2.45) is 0 Å². The molecule has 0 saturated carbocycles. The second-order valence-electron chi connectivity index (χ2n) is 14.0. The van der Waals surface area contributed by atoms with Crippen LogP contribution in [0.3, 0.4) is 0 Å². The standard InChI is InChI=1S/C17H17BrFNO5.C11H7BrFNO3.C6H11BrO2.CH2O3.CH4.2K.H/c1-16(2,3)24-12(21)8-20-14(22)17(25-15(20)23)7-6-9-10(17)4-5-11(18)13(9)19;12-7-2-1-6-5(8(7)13)3-4-11(6)9(15)14-10(16)17-11;1-6(2,3)9-5(8)4-7;2-1-4-3;;;;/h4-5H,6-8H2,1-3H3;1-2H,3-4H2,(H,14,15,16);4H2,1-3H3;1,3H;1H4;;;/q;;;;;2*+1;-1/p-1. The zero-order chi connectivity index (χ0) is 41.7. The molecule has 310 valence electrons. The molecule has 4 aliphatic rings. The van der Waals surface area contributed by atoms with Crippen molar-refractivity contribution in [1.29, 1.82) is 0 Å². The maximum Gasteiger partial charge on any atom is 1.00 e. The van der Waals surface area contributed by atoms with E-state index in [2.05, 4.69) is 58.0 Å². The number of ether oxygens (including phenoxy) is 4. The van der Waals surface area contributed by atoms with Crippen LogP contribution in [0.4, 0.5) is 18.4 Å². The maximum absolute atomic E-state index is 14.3. The summed E-state index contributed by atoms with van der Waals surface area (Å²) >= 11 is 9.19. The molecule has 2 unspecified atom stereocenters. The van der Waals surface area contributed by atoms with E-state index in [1.54, 1.807) is 32.9 Å². The summed E-state index contributed by atoms with van der Waals surface area (Å²) in [5.74, 6) is -2.97. The molecule has 2 saturated heterocycles. The molecule has 0 radical (unpaired) electrons. The fourth-order valence-corrected chi connectivity index (χ4v) is 6.81. The van der Waals surface area contributed by atoms with Crippen LogP contribution in [0.5, 0.6) is 0 Å². The molecular formula is C36H41Br3F2K2N2O13. The number of fused-ring (bicyclic) bond motifs is 4. The summed E-state index contributed by atoms with van der Waals surface area (Å²) in [4.78, 5) is 82.4. The Hall–Kier alpha value is -0.737. The van der Waals surface area contributed by atoms with E-state index in [4.69, 9.17) is 29.0 Å². The Bertz CT molecular complexity index is 1900. The van der Waals surface area contributed by atoms with Crippen LogP contribution >= 0.6 is 47.8 Å². The van der Waals surface area contributed by atoms with Gasteiger partial charge in [0, 0.05) is 24.0 Å². The van der Waals surface area contributed by atoms with E-state index < -0.39 is 65.0 Å². The van der Waals surface area contributed by atoms with Gasteiger partial charge in [-0.15, -0.1) is 0 Å². The molecule has 1 N–H and O–H groups in total. The summed E-state index contributed by atoms with van der Waals surface area (Å²) < 4.78 is 49.2. The van der Waals surface area contributed by atoms with Crippen LogP contribution < -0.4 is 113 Å². The minimum absolute atomic E-state index is 0. The molecule has 2 aromatic rings. The topological polar surface area (TPSA) is 204 Å². The molecule has 0 bridgehead atoms. The Balaban J connectivity index is 0. The molecule has 0 aromatic heterocycles. The fraction of sp³-hybridized carbons (Fsp3) is 0.472. The summed E-state index contributed by atoms with van der Waals surface area (Å²) in [6, 6.07) is 6.17. The predicted molar refractivity (Wildman–Crippen MR) is 201 cm³/mol. The number of rotatable bonds is 4. The maximum atomic E-state index is 14.3. The van der Waals surface area contributed by atoms with Gasteiger partial charge in [-0.05, 0) is 110 Å². The van der Waals surface area contributed by atoms with Crippen molar-refractivity contribution in [2.45, 2.75) is 97.1 Å². The number of hydrogen-bond donors (Lipinski definition) is 1. The molecular weight excluding hydrogens is 1020 g/mol. The SMILES string of the molecule is C.CC(C)(C)OC(=O)CBr.CC(C)(C)OC(=O)CN1C(=O)OC2(CCc3c2ccc(Br)c3F)C1=O.O=C1NC(=O)C2(CCc3c2ccc(Br)c3F)O1.O=CO[O-].[H-].[K+].[K+]. The first-order valence-corrected chi connectivity index (χ1v) is 18.9. The number of amides is 4. The quantitative estimate of drug-likeness (QED) is 0.0814. The molecule has 2 heterocycles. The first kappa shape index (κ1) is 57.3. The van der Waals surface area contributed by atoms with Gasteiger partial charge >= 0.3 is 127 Å². The Morgan fingerprint density at radius 3 is 1.67 bits per heavy atom. The number of alkyl carbamates (subject to hydrolysis) is 1. The number of nitrogens with zero attached hydrogens (tertiary/aromatic N) is 1. The number of benzene rings is 2. The van der Waals surface area contributed by atoms with E-state index in [0.29, 0.717) is 33.1 Å². The van der Waals surface area contributed by atoms with Gasteiger partial charge in [-0.2, -0.15) is 0 Å². The predicted octanol–water partition coefficient (Wildman–Crippen LogP) is -0.0394. The third-order valence-corrected chi connectivity index (χ3v) is 9.60. The average Bonchev–Trinajstić information content (AvgIpc) is 3.80. The van der Waals surface area contributed by atoms with Crippen molar-refractivity contribution in [2.75, 3.05) is 11.9 Å². The molecule has 22 heteroatoms. The third-order valence-electron chi connectivity index (χ3n) is 7.91. The number of alkyl halides is 1. The van der Waals surface area contributed by atoms with E-state index in [0.717, 1.165) is 4.90 Å². The molecule has 2 aliphatic heterocycles. The fourth-order valence-electron chi connectivity index (χ4n) is 5.95. The first-order valence-electron chi connectivity index (χ1n) is 16.2. The molecule has 2 fully saturated rings. The van der Waals surface area contributed by atoms with Gasteiger partial charge in [0.15, 0.2) is 0 Å². The second-order valence-corrected chi connectivity index (χ2v) is 16.3. The van der Waals surface area contributed by atoms with Crippen molar-refractivity contribution in [3.8, 4) is 0 Å². The summed E-state index contributed by atoms with van der Waals surface area (Å²) in [7, 11) is 0. The van der Waals surface area contributed by atoms with Crippen molar-refractivity contribution >= 4 is 90.2 Å². The van der Waals surface area contributed by atoms with E-state index in [-0.39, 0.29) is 159 Å². The molecule has 2 atom stereocenters. The first-order chi connectivity index (χ1) is 25.5. The molecule has 2 aromatic carbocycles.